The second kappa shape index (κ2) is 10.4. The zero-order valence-electron chi connectivity index (χ0n) is 12.1. The Morgan fingerprint density at radius 1 is 1.11 bits per heavy atom. The highest BCUT2D eigenvalue weighted by molar-refractivity contribution is 9.10. The summed E-state index contributed by atoms with van der Waals surface area (Å²) < 4.78 is 6.78. The van der Waals surface area contributed by atoms with Gasteiger partial charge in [-0.15, -0.1) is 0 Å². The number of hydrogen-bond donors (Lipinski definition) is 1. The van der Waals surface area contributed by atoms with Crippen LogP contribution in [0.4, 0.5) is 0 Å². The van der Waals surface area contributed by atoms with Crippen molar-refractivity contribution in [3.8, 4) is 0 Å². The molecule has 1 aromatic carbocycles. The molecule has 0 aliphatic rings. The van der Waals surface area contributed by atoms with Crippen molar-refractivity contribution in [2.45, 2.75) is 39.7 Å². The first-order valence-electron chi connectivity index (χ1n) is 7.21. The largest absolute Gasteiger partial charge is 0.377 e. The maximum atomic E-state index is 5.67. The highest BCUT2D eigenvalue weighted by Gasteiger charge is 1.95. The smallest absolute Gasteiger partial charge is 0.0716 e. The van der Waals surface area contributed by atoms with Gasteiger partial charge in [-0.3, -0.25) is 0 Å². The van der Waals surface area contributed by atoms with Crippen molar-refractivity contribution in [1.29, 1.82) is 0 Å². The second-order valence-corrected chi connectivity index (χ2v) is 6.25. The van der Waals surface area contributed by atoms with Crippen LogP contribution < -0.4 is 5.32 Å². The lowest BCUT2D eigenvalue weighted by Crippen LogP contribution is -2.20. The molecule has 0 aliphatic heterocycles. The van der Waals surface area contributed by atoms with Crippen LogP contribution in [-0.4, -0.2) is 19.7 Å². The van der Waals surface area contributed by atoms with E-state index in [0.717, 1.165) is 43.1 Å². The molecule has 1 N–H and O–H groups in total. The standard InChI is InChI=1S/C16H26BrNO/c1-14(2)12-18-10-4-3-5-11-19-13-15-6-8-16(17)9-7-15/h6-9,14,18H,3-5,10-13H2,1-2H3. The minimum absolute atomic E-state index is 0.721. The van der Waals surface area contributed by atoms with Gasteiger partial charge in [0.25, 0.3) is 0 Å². The van der Waals surface area contributed by atoms with Gasteiger partial charge in [0.1, 0.15) is 0 Å². The van der Waals surface area contributed by atoms with Crippen molar-refractivity contribution in [2.24, 2.45) is 5.92 Å². The highest BCUT2D eigenvalue weighted by Crippen LogP contribution is 2.11. The van der Waals surface area contributed by atoms with Crippen LogP contribution in [0.3, 0.4) is 0 Å². The van der Waals surface area contributed by atoms with Gasteiger partial charge < -0.3 is 10.1 Å². The van der Waals surface area contributed by atoms with Crippen molar-refractivity contribution in [3.05, 3.63) is 34.3 Å². The number of rotatable bonds is 10. The normalized spacial score (nSPS) is 11.2. The molecule has 0 saturated heterocycles. The number of halogens is 1. The van der Waals surface area contributed by atoms with E-state index in [4.69, 9.17) is 4.74 Å². The van der Waals surface area contributed by atoms with Gasteiger partial charge in [0, 0.05) is 11.1 Å². The first-order valence-corrected chi connectivity index (χ1v) is 8.00. The predicted octanol–water partition coefficient (Wildman–Crippen LogP) is 4.38. The first kappa shape index (κ1) is 16.7. The van der Waals surface area contributed by atoms with E-state index in [0.29, 0.717) is 0 Å². The topological polar surface area (TPSA) is 21.3 Å². The molecule has 0 bridgehead atoms. The number of benzene rings is 1. The molecule has 1 rings (SSSR count). The molecule has 0 aromatic heterocycles. The summed E-state index contributed by atoms with van der Waals surface area (Å²) in [5, 5.41) is 3.46. The van der Waals surface area contributed by atoms with Crippen LogP contribution >= 0.6 is 15.9 Å². The molecule has 0 saturated carbocycles. The van der Waals surface area contributed by atoms with Crippen LogP contribution in [0.15, 0.2) is 28.7 Å². The van der Waals surface area contributed by atoms with E-state index in [1.165, 1.54) is 18.4 Å². The Hall–Kier alpha value is -0.380. The molecular weight excluding hydrogens is 302 g/mol. The van der Waals surface area contributed by atoms with E-state index in [9.17, 15) is 0 Å². The van der Waals surface area contributed by atoms with Gasteiger partial charge in [-0.1, -0.05) is 41.9 Å². The van der Waals surface area contributed by atoms with Gasteiger partial charge in [0.15, 0.2) is 0 Å². The van der Waals surface area contributed by atoms with E-state index >= 15 is 0 Å². The fraction of sp³-hybridized carbons (Fsp3) is 0.625. The summed E-state index contributed by atoms with van der Waals surface area (Å²) in [5.41, 5.74) is 1.24. The van der Waals surface area contributed by atoms with Gasteiger partial charge in [0.2, 0.25) is 0 Å². The zero-order valence-corrected chi connectivity index (χ0v) is 13.7. The maximum absolute atomic E-state index is 5.67. The third-order valence-corrected chi connectivity index (χ3v) is 3.41. The lowest BCUT2D eigenvalue weighted by molar-refractivity contribution is 0.117. The van der Waals surface area contributed by atoms with Gasteiger partial charge in [-0.05, 0) is 56.0 Å². The molecule has 108 valence electrons. The third kappa shape index (κ3) is 9.20. The van der Waals surface area contributed by atoms with E-state index < -0.39 is 0 Å². The molecule has 0 radical (unpaired) electrons. The number of ether oxygens (including phenoxy) is 1. The summed E-state index contributed by atoms with van der Waals surface area (Å²) in [5.74, 6) is 0.745. The minimum atomic E-state index is 0.721. The average molecular weight is 328 g/mol. The third-order valence-electron chi connectivity index (χ3n) is 2.88. The van der Waals surface area contributed by atoms with Crippen LogP contribution in [0.25, 0.3) is 0 Å². The molecule has 0 amide bonds. The summed E-state index contributed by atoms with van der Waals surface area (Å²) in [6, 6.07) is 8.30. The Labute approximate surface area is 126 Å². The lowest BCUT2D eigenvalue weighted by Gasteiger charge is -2.07. The highest BCUT2D eigenvalue weighted by atomic mass is 79.9. The number of hydrogen-bond acceptors (Lipinski definition) is 2. The van der Waals surface area contributed by atoms with E-state index in [2.05, 4.69) is 59.4 Å². The van der Waals surface area contributed by atoms with Gasteiger partial charge in [-0.2, -0.15) is 0 Å². The maximum Gasteiger partial charge on any atom is 0.0716 e. The molecular formula is C16H26BrNO. The molecule has 1 aromatic rings. The quantitative estimate of drug-likeness (QED) is 0.644. The summed E-state index contributed by atoms with van der Waals surface area (Å²) in [4.78, 5) is 0. The minimum Gasteiger partial charge on any atom is -0.377 e. The first-order chi connectivity index (χ1) is 9.18. The van der Waals surface area contributed by atoms with Crippen LogP contribution in [0.1, 0.15) is 38.7 Å². The summed E-state index contributed by atoms with van der Waals surface area (Å²) in [6.45, 7) is 8.32. The monoisotopic (exact) mass is 327 g/mol. The number of unbranched alkanes of at least 4 members (excludes halogenated alkanes) is 2. The van der Waals surface area contributed by atoms with Crippen LogP contribution in [0, 0.1) is 5.92 Å². The molecule has 0 heterocycles. The van der Waals surface area contributed by atoms with Crippen LogP contribution in [-0.2, 0) is 11.3 Å². The molecule has 19 heavy (non-hydrogen) atoms. The van der Waals surface area contributed by atoms with E-state index in [1.807, 2.05) is 0 Å². The summed E-state index contributed by atoms with van der Waals surface area (Å²) >= 11 is 3.43. The SMILES string of the molecule is CC(C)CNCCCCCOCc1ccc(Br)cc1. The van der Waals surface area contributed by atoms with Crippen molar-refractivity contribution in [3.63, 3.8) is 0 Å². The molecule has 0 unspecified atom stereocenters. The lowest BCUT2D eigenvalue weighted by atomic mass is 10.2. The molecule has 0 spiro atoms. The fourth-order valence-corrected chi connectivity index (χ4v) is 2.06. The second-order valence-electron chi connectivity index (χ2n) is 5.34. The Balaban J connectivity index is 1.90. The summed E-state index contributed by atoms with van der Waals surface area (Å²) in [6.07, 6.45) is 3.64. The Morgan fingerprint density at radius 3 is 2.53 bits per heavy atom. The van der Waals surface area contributed by atoms with Gasteiger partial charge >= 0.3 is 0 Å². The molecule has 0 fully saturated rings. The number of nitrogens with one attached hydrogen (secondary N) is 1. The summed E-state index contributed by atoms with van der Waals surface area (Å²) in [7, 11) is 0. The van der Waals surface area contributed by atoms with Crippen LogP contribution in [0.2, 0.25) is 0 Å². The average Bonchev–Trinajstić information content (AvgIpc) is 2.38. The molecule has 3 heteroatoms. The van der Waals surface area contributed by atoms with Crippen molar-refractivity contribution >= 4 is 15.9 Å². The predicted molar refractivity (Wildman–Crippen MR) is 85.4 cm³/mol. The van der Waals surface area contributed by atoms with E-state index in [-0.39, 0.29) is 0 Å². The Bertz CT molecular complexity index is 324. The van der Waals surface area contributed by atoms with Crippen LogP contribution in [0.5, 0.6) is 0 Å². The Morgan fingerprint density at radius 2 is 1.84 bits per heavy atom. The van der Waals surface area contributed by atoms with Crippen molar-refractivity contribution in [2.75, 3.05) is 19.7 Å². The molecule has 0 atom stereocenters. The molecule has 2 nitrogen and oxygen atoms in total. The van der Waals surface area contributed by atoms with Crippen molar-refractivity contribution < 1.29 is 4.74 Å². The molecule has 0 aliphatic carbocycles. The fourth-order valence-electron chi connectivity index (χ4n) is 1.79. The Kier molecular flexibility index (Phi) is 9.14. The zero-order chi connectivity index (χ0) is 13.9. The van der Waals surface area contributed by atoms with E-state index in [1.54, 1.807) is 0 Å². The van der Waals surface area contributed by atoms with Gasteiger partial charge in [-0.25, -0.2) is 0 Å². The van der Waals surface area contributed by atoms with Gasteiger partial charge in [0.05, 0.1) is 6.61 Å². The van der Waals surface area contributed by atoms with Crippen molar-refractivity contribution in [1.82, 2.24) is 5.32 Å².